The number of amides is 2. The number of carbonyl (C=O) groups is 2. The third kappa shape index (κ3) is 1.94. The zero-order chi connectivity index (χ0) is 10.0. The Labute approximate surface area is 82.4 Å². The minimum Gasteiger partial charge on any atom is -0.344 e. The van der Waals surface area contributed by atoms with Crippen molar-refractivity contribution in [3.05, 3.63) is 0 Å². The Morgan fingerprint density at radius 1 is 1.77 bits per heavy atom. The average molecular weight is 205 g/mol. The van der Waals surface area contributed by atoms with Gasteiger partial charge in [-0.3, -0.25) is 9.59 Å². The summed E-state index contributed by atoms with van der Waals surface area (Å²) in [5, 5.41) is 0. The number of nitrogens with zero attached hydrogens (tertiary/aromatic N) is 2. The van der Waals surface area contributed by atoms with E-state index in [4.69, 9.17) is 11.6 Å². The molecule has 0 bridgehead atoms. The van der Waals surface area contributed by atoms with Crippen LogP contribution in [0.1, 0.15) is 6.42 Å². The van der Waals surface area contributed by atoms with Crippen LogP contribution in [0.2, 0.25) is 0 Å². The highest BCUT2D eigenvalue weighted by molar-refractivity contribution is 6.27. The van der Waals surface area contributed by atoms with Gasteiger partial charge in [-0.25, -0.2) is 0 Å². The second-order valence-corrected chi connectivity index (χ2v) is 3.47. The lowest BCUT2D eigenvalue weighted by molar-refractivity contribution is -0.138. The molecule has 0 radical (unpaired) electrons. The SMILES string of the molecule is CN1CCC(N(C)C(=O)CCl)C1=O. The summed E-state index contributed by atoms with van der Waals surface area (Å²) in [6.07, 6.45) is 0.703. The Hall–Kier alpha value is -0.770. The number of carbonyl (C=O) groups excluding carboxylic acids is 2. The summed E-state index contributed by atoms with van der Waals surface area (Å²) >= 11 is 5.39. The highest BCUT2D eigenvalue weighted by atomic mass is 35.5. The normalized spacial score (nSPS) is 22.2. The van der Waals surface area contributed by atoms with E-state index in [0.29, 0.717) is 13.0 Å². The highest BCUT2D eigenvalue weighted by Crippen LogP contribution is 2.14. The predicted octanol–water partition coefficient (Wildman–Crippen LogP) is -0.0857. The average Bonchev–Trinajstić information content (AvgIpc) is 2.45. The van der Waals surface area contributed by atoms with E-state index in [9.17, 15) is 9.59 Å². The molecule has 0 spiro atoms. The predicted molar refractivity (Wildman–Crippen MR) is 49.5 cm³/mol. The van der Waals surface area contributed by atoms with E-state index in [-0.39, 0.29) is 23.7 Å². The lowest BCUT2D eigenvalue weighted by atomic mass is 10.2. The van der Waals surface area contributed by atoms with Crippen molar-refractivity contribution in [1.82, 2.24) is 9.80 Å². The van der Waals surface area contributed by atoms with Gasteiger partial charge in [0.2, 0.25) is 11.8 Å². The van der Waals surface area contributed by atoms with Crippen molar-refractivity contribution < 1.29 is 9.59 Å². The van der Waals surface area contributed by atoms with Crippen molar-refractivity contribution in [1.29, 1.82) is 0 Å². The maximum absolute atomic E-state index is 11.5. The molecule has 13 heavy (non-hydrogen) atoms. The van der Waals surface area contributed by atoms with Gasteiger partial charge in [0.1, 0.15) is 11.9 Å². The minimum atomic E-state index is -0.309. The highest BCUT2D eigenvalue weighted by Gasteiger charge is 2.33. The number of hydrogen-bond donors (Lipinski definition) is 0. The van der Waals surface area contributed by atoms with Crippen LogP contribution in [0, 0.1) is 0 Å². The molecular formula is C8H13ClN2O2. The third-order valence-electron chi connectivity index (χ3n) is 2.37. The Morgan fingerprint density at radius 3 is 2.77 bits per heavy atom. The van der Waals surface area contributed by atoms with Crippen molar-refractivity contribution >= 4 is 23.4 Å². The van der Waals surface area contributed by atoms with Gasteiger partial charge in [0.05, 0.1) is 0 Å². The molecule has 0 aliphatic carbocycles. The Bertz CT molecular complexity index is 232. The number of halogens is 1. The van der Waals surface area contributed by atoms with Crippen LogP contribution < -0.4 is 0 Å². The Kier molecular flexibility index (Phi) is 3.14. The Morgan fingerprint density at radius 2 is 2.38 bits per heavy atom. The summed E-state index contributed by atoms with van der Waals surface area (Å²) in [6, 6.07) is -0.309. The van der Waals surface area contributed by atoms with Gasteiger partial charge in [-0.05, 0) is 6.42 Å². The van der Waals surface area contributed by atoms with Gasteiger partial charge in [-0.15, -0.1) is 11.6 Å². The molecule has 1 aliphatic rings. The molecule has 1 aliphatic heterocycles. The van der Waals surface area contributed by atoms with E-state index < -0.39 is 0 Å². The molecule has 1 rings (SSSR count). The molecule has 0 saturated carbocycles. The topological polar surface area (TPSA) is 40.6 Å². The van der Waals surface area contributed by atoms with E-state index >= 15 is 0 Å². The molecule has 5 heteroatoms. The van der Waals surface area contributed by atoms with Crippen LogP contribution in [0.15, 0.2) is 0 Å². The first-order chi connectivity index (χ1) is 6.07. The fourth-order valence-electron chi connectivity index (χ4n) is 1.43. The maximum Gasteiger partial charge on any atom is 0.245 e. The van der Waals surface area contributed by atoms with Gasteiger partial charge in [0, 0.05) is 20.6 Å². The molecule has 2 amide bonds. The van der Waals surface area contributed by atoms with E-state index in [2.05, 4.69) is 0 Å². The second kappa shape index (κ2) is 3.96. The molecule has 1 atom stereocenters. The maximum atomic E-state index is 11.5. The van der Waals surface area contributed by atoms with Gasteiger partial charge in [0.25, 0.3) is 0 Å². The van der Waals surface area contributed by atoms with Crippen LogP contribution in [-0.4, -0.2) is 54.2 Å². The second-order valence-electron chi connectivity index (χ2n) is 3.20. The fourth-order valence-corrected chi connectivity index (χ4v) is 1.62. The zero-order valence-corrected chi connectivity index (χ0v) is 8.54. The molecular weight excluding hydrogens is 192 g/mol. The van der Waals surface area contributed by atoms with Crippen LogP contribution in [-0.2, 0) is 9.59 Å². The summed E-state index contributed by atoms with van der Waals surface area (Å²) in [6.45, 7) is 0.712. The minimum absolute atomic E-state index is 0.000895. The van der Waals surface area contributed by atoms with Crippen LogP contribution in [0.3, 0.4) is 0 Å². The number of alkyl halides is 1. The lowest BCUT2D eigenvalue weighted by Gasteiger charge is -2.21. The first-order valence-corrected chi connectivity index (χ1v) is 4.68. The lowest BCUT2D eigenvalue weighted by Crippen LogP contribution is -2.42. The van der Waals surface area contributed by atoms with Gasteiger partial charge >= 0.3 is 0 Å². The number of hydrogen-bond acceptors (Lipinski definition) is 2. The summed E-state index contributed by atoms with van der Waals surface area (Å²) in [5.41, 5.74) is 0. The first-order valence-electron chi connectivity index (χ1n) is 4.14. The van der Waals surface area contributed by atoms with Crippen LogP contribution in [0.25, 0.3) is 0 Å². The van der Waals surface area contributed by atoms with Gasteiger partial charge < -0.3 is 9.80 Å². The summed E-state index contributed by atoms with van der Waals surface area (Å²) in [4.78, 5) is 25.7. The third-order valence-corrected chi connectivity index (χ3v) is 2.60. The van der Waals surface area contributed by atoms with Crippen LogP contribution >= 0.6 is 11.6 Å². The molecule has 74 valence electrons. The molecule has 0 aromatic rings. The summed E-state index contributed by atoms with van der Waals surface area (Å²) < 4.78 is 0. The fraction of sp³-hybridized carbons (Fsp3) is 0.750. The molecule has 1 unspecified atom stereocenters. The standard InChI is InChI=1S/C8H13ClN2O2/c1-10-4-3-6(8(10)13)11(2)7(12)5-9/h6H,3-5H2,1-2H3. The quantitative estimate of drug-likeness (QED) is 0.591. The monoisotopic (exact) mass is 204 g/mol. The number of rotatable bonds is 2. The Balaban J connectivity index is 2.63. The summed E-state index contributed by atoms with van der Waals surface area (Å²) in [7, 11) is 3.35. The smallest absolute Gasteiger partial charge is 0.245 e. The molecule has 1 heterocycles. The molecule has 0 aromatic heterocycles. The molecule has 1 fully saturated rings. The van der Waals surface area contributed by atoms with Gasteiger partial charge in [-0.1, -0.05) is 0 Å². The van der Waals surface area contributed by atoms with Crippen molar-refractivity contribution in [3.8, 4) is 0 Å². The number of likely N-dealkylation sites (tertiary alicyclic amines) is 1. The van der Waals surface area contributed by atoms with E-state index in [1.807, 2.05) is 0 Å². The van der Waals surface area contributed by atoms with Crippen LogP contribution in [0.5, 0.6) is 0 Å². The van der Waals surface area contributed by atoms with Crippen molar-refractivity contribution in [2.24, 2.45) is 0 Å². The van der Waals surface area contributed by atoms with Crippen molar-refractivity contribution in [2.45, 2.75) is 12.5 Å². The van der Waals surface area contributed by atoms with E-state index in [1.54, 1.807) is 19.0 Å². The van der Waals surface area contributed by atoms with Crippen molar-refractivity contribution in [2.75, 3.05) is 26.5 Å². The molecule has 0 N–H and O–H groups in total. The van der Waals surface area contributed by atoms with Crippen LogP contribution in [0.4, 0.5) is 0 Å². The zero-order valence-electron chi connectivity index (χ0n) is 7.79. The van der Waals surface area contributed by atoms with E-state index in [0.717, 1.165) is 0 Å². The number of likely N-dealkylation sites (N-methyl/N-ethyl adjacent to an activating group) is 2. The van der Waals surface area contributed by atoms with E-state index in [1.165, 1.54) is 4.90 Å². The molecule has 4 nitrogen and oxygen atoms in total. The molecule has 1 saturated heterocycles. The van der Waals surface area contributed by atoms with Crippen molar-refractivity contribution in [3.63, 3.8) is 0 Å². The van der Waals surface area contributed by atoms with Gasteiger partial charge in [-0.2, -0.15) is 0 Å². The molecule has 0 aromatic carbocycles. The first kappa shape index (κ1) is 10.3. The van der Waals surface area contributed by atoms with Gasteiger partial charge in [0.15, 0.2) is 0 Å². The summed E-state index contributed by atoms with van der Waals surface area (Å²) in [5.74, 6) is -0.263. The largest absolute Gasteiger partial charge is 0.344 e.